The van der Waals surface area contributed by atoms with Crippen LogP contribution in [0.5, 0.6) is 0 Å². The van der Waals surface area contributed by atoms with E-state index in [1.807, 2.05) is 19.1 Å². The van der Waals surface area contributed by atoms with Gasteiger partial charge >= 0.3 is 0 Å². The highest BCUT2D eigenvalue weighted by atomic mass is 19.1. The number of aromatic amines is 1. The molecule has 0 saturated carbocycles. The molecular formula is C20H25FN8O2. The molecule has 1 aliphatic rings. The van der Waals surface area contributed by atoms with Crippen molar-refractivity contribution < 1.29 is 13.9 Å². The fourth-order valence-corrected chi connectivity index (χ4v) is 3.25. The second-order valence-corrected chi connectivity index (χ2v) is 7.15. The molecule has 0 amide bonds. The Balaban J connectivity index is 1.63. The first kappa shape index (κ1) is 20.9. The Kier molecular flexibility index (Phi) is 6.53. The number of hydrogen-bond donors (Lipinski definition) is 3. The number of aryl methyl sites for hydroxylation is 1. The molecule has 164 valence electrons. The van der Waals surface area contributed by atoms with E-state index in [0.29, 0.717) is 43.1 Å². The topological polar surface area (TPSA) is 113 Å². The quantitative estimate of drug-likeness (QED) is 0.498. The SMILES string of the molecule is COCC(Nc1cc(N2CCOCC2)nc(Nc2cc(C)[nH]n2)n1)c1ccc(F)cn1. The van der Waals surface area contributed by atoms with Crippen LogP contribution in [0, 0.1) is 12.7 Å². The van der Waals surface area contributed by atoms with Gasteiger partial charge < -0.3 is 25.0 Å². The number of morpholine rings is 1. The average molecular weight is 428 g/mol. The van der Waals surface area contributed by atoms with Crippen molar-refractivity contribution >= 4 is 23.4 Å². The molecule has 1 atom stereocenters. The van der Waals surface area contributed by atoms with Crippen LogP contribution >= 0.6 is 0 Å². The number of pyridine rings is 1. The van der Waals surface area contributed by atoms with E-state index in [9.17, 15) is 4.39 Å². The molecule has 4 rings (SSSR count). The van der Waals surface area contributed by atoms with Crippen molar-refractivity contribution in [3.05, 3.63) is 47.7 Å². The van der Waals surface area contributed by atoms with Gasteiger partial charge in [-0.2, -0.15) is 15.1 Å². The van der Waals surface area contributed by atoms with Gasteiger partial charge in [0, 0.05) is 38.0 Å². The highest BCUT2D eigenvalue weighted by Crippen LogP contribution is 2.24. The third-order valence-corrected chi connectivity index (χ3v) is 4.76. The number of aromatic nitrogens is 5. The second kappa shape index (κ2) is 9.67. The summed E-state index contributed by atoms with van der Waals surface area (Å²) in [6.45, 7) is 4.99. The maximum absolute atomic E-state index is 13.3. The van der Waals surface area contributed by atoms with E-state index in [-0.39, 0.29) is 6.04 Å². The summed E-state index contributed by atoms with van der Waals surface area (Å²) in [5.74, 6) is 1.98. The molecule has 1 unspecified atom stereocenters. The molecule has 1 aliphatic heterocycles. The molecule has 1 saturated heterocycles. The number of hydrogen-bond acceptors (Lipinski definition) is 9. The third-order valence-electron chi connectivity index (χ3n) is 4.76. The third kappa shape index (κ3) is 5.44. The first-order chi connectivity index (χ1) is 15.1. The average Bonchev–Trinajstić information content (AvgIpc) is 3.19. The molecule has 31 heavy (non-hydrogen) atoms. The van der Waals surface area contributed by atoms with Gasteiger partial charge in [-0.25, -0.2) is 4.39 Å². The smallest absolute Gasteiger partial charge is 0.232 e. The van der Waals surface area contributed by atoms with E-state index in [4.69, 9.17) is 9.47 Å². The molecule has 4 heterocycles. The maximum atomic E-state index is 13.3. The molecule has 0 bridgehead atoms. The first-order valence-corrected chi connectivity index (χ1v) is 9.98. The van der Waals surface area contributed by atoms with Gasteiger partial charge in [-0.3, -0.25) is 10.1 Å². The summed E-state index contributed by atoms with van der Waals surface area (Å²) in [6.07, 6.45) is 1.19. The minimum Gasteiger partial charge on any atom is -0.382 e. The monoisotopic (exact) mass is 428 g/mol. The Labute approximate surface area is 179 Å². The number of methoxy groups -OCH3 is 1. The van der Waals surface area contributed by atoms with Gasteiger partial charge in [0.2, 0.25) is 5.95 Å². The number of rotatable bonds is 8. The Bertz CT molecular complexity index is 991. The lowest BCUT2D eigenvalue weighted by Gasteiger charge is -2.28. The van der Waals surface area contributed by atoms with Crippen LogP contribution in [0.25, 0.3) is 0 Å². The predicted octanol–water partition coefficient (Wildman–Crippen LogP) is 2.42. The summed E-state index contributed by atoms with van der Waals surface area (Å²) in [7, 11) is 1.60. The van der Waals surface area contributed by atoms with Gasteiger partial charge in [-0.1, -0.05) is 0 Å². The van der Waals surface area contributed by atoms with Crippen molar-refractivity contribution in [1.82, 2.24) is 25.1 Å². The molecule has 0 aromatic carbocycles. The van der Waals surface area contributed by atoms with Gasteiger partial charge in [-0.15, -0.1) is 0 Å². The van der Waals surface area contributed by atoms with Gasteiger partial charge in [-0.05, 0) is 19.1 Å². The molecule has 10 nitrogen and oxygen atoms in total. The van der Waals surface area contributed by atoms with Crippen molar-refractivity contribution in [2.75, 3.05) is 55.6 Å². The van der Waals surface area contributed by atoms with E-state index in [1.54, 1.807) is 13.2 Å². The summed E-state index contributed by atoms with van der Waals surface area (Å²) in [5.41, 5.74) is 1.57. The number of halogens is 1. The highest BCUT2D eigenvalue weighted by molar-refractivity contribution is 5.58. The number of H-pyrrole nitrogens is 1. The van der Waals surface area contributed by atoms with Crippen molar-refractivity contribution in [3.63, 3.8) is 0 Å². The van der Waals surface area contributed by atoms with Crippen LogP contribution in [0.2, 0.25) is 0 Å². The summed E-state index contributed by atoms with van der Waals surface area (Å²) >= 11 is 0. The van der Waals surface area contributed by atoms with E-state index in [0.717, 1.165) is 24.6 Å². The van der Waals surface area contributed by atoms with E-state index in [2.05, 4.69) is 40.7 Å². The standard InChI is InChI=1S/C20H25FN8O2/c1-13-9-18(28-27-13)25-20-24-17(10-19(26-20)29-5-7-31-8-6-29)23-16(12-30-2)15-4-3-14(21)11-22-15/h3-4,9-11,16H,5-8,12H2,1-2H3,(H3,23,24,25,26,27,28). The highest BCUT2D eigenvalue weighted by Gasteiger charge is 2.19. The summed E-state index contributed by atoms with van der Waals surface area (Å²) in [6, 6.07) is 6.42. The molecule has 11 heteroatoms. The van der Waals surface area contributed by atoms with Crippen LogP contribution in [0.4, 0.5) is 27.8 Å². The van der Waals surface area contributed by atoms with Crippen molar-refractivity contribution in [1.29, 1.82) is 0 Å². The fourth-order valence-electron chi connectivity index (χ4n) is 3.25. The minimum atomic E-state index is -0.391. The Morgan fingerprint density at radius 1 is 1.23 bits per heavy atom. The van der Waals surface area contributed by atoms with Crippen molar-refractivity contribution in [2.24, 2.45) is 0 Å². The zero-order valence-electron chi connectivity index (χ0n) is 17.4. The number of anilines is 4. The largest absolute Gasteiger partial charge is 0.382 e. The summed E-state index contributed by atoms with van der Waals surface area (Å²) in [5, 5.41) is 13.6. The van der Waals surface area contributed by atoms with Gasteiger partial charge in [0.15, 0.2) is 5.82 Å². The van der Waals surface area contributed by atoms with Crippen LogP contribution in [0.15, 0.2) is 30.5 Å². The normalized spacial score (nSPS) is 15.0. The number of nitrogens with one attached hydrogen (secondary N) is 3. The van der Waals surface area contributed by atoms with Crippen molar-refractivity contribution in [3.8, 4) is 0 Å². The predicted molar refractivity (Wildman–Crippen MR) is 114 cm³/mol. The van der Waals surface area contributed by atoms with Crippen LogP contribution in [-0.2, 0) is 9.47 Å². The molecule has 3 aromatic heterocycles. The maximum Gasteiger partial charge on any atom is 0.232 e. The first-order valence-electron chi connectivity index (χ1n) is 9.98. The second-order valence-electron chi connectivity index (χ2n) is 7.15. The van der Waals surface area contributed by atoms with E-state index in [1.165, 1.54) is 12.3 Å². The van der Waals surface area contributed by atoms with Gasteiger partial charge in [0.25, 0.3) is 0 Å². The molecule has 0 spiro atoms. The minimum absolute atomic E-state index is 0.321. The summed E-state index contributed by atoms with van der Waals surface area (Å²) in [4.78, 5) is 15.6. The Morgan fingerprint density at radius 3 is 2.74 bits per heavy atom. The fraction of sp³-hybridized carbons (Fsp3) is 0.400. The van der Waals surface area contributed by atoms with E-state index < -0.39 is 5.82 Å². The Hall–Kier alpha value is -3.31. The summed E-state index contributed by atoms with van der Waals surface area (Å²) < 4.78 is 24.1. The van der Waals surface area contributed by atoms with Crippen LogP contribution in [0.3, 0.4) is 0 Å². The Morgan fingerprint density at radius 2 is 2.06 bits per heavy atom. The van der Waals surface area contributed by atoms with Crippen molar-refractivity contribution in [2.45, 2.75) is 13.0 Å². The molecular weight excluding hydrogens is 403 g/mol. The molecule has 0 radical (unpaired) electrons. The van der Waals surface area contributed by atoms with Gasteiger partial charge in [0.05, 0.1) is 37.8 Å². The molecule has 3 N–H and O–H groups in total. The lowest BCUT2D eigenvalue weighted by atomic mass is 10.2. The molecule has 0 aliphatic carbocycles. The van der Waals surface area contributed by atoms with Crippen LogP contribution < -0.4 is 15.5 Å². The zero-order valence-corrected chi connectivity index (χ0v) is 17.4. The number of nitrogens with zero attached hydrogens (tertiary/aromatic N) is 5. The number of ether oxygens (including phenoxy) is 2. The van der Waals surface area contributed by atoms with Crippen LogP contribution in [-0.4, -0.2) is 65.2 Å². The lowest BCUT2D eigenvalue weighted by Crippen LogP contribution is -2.37. The lowest BCUT2D eigenvalue weighted by molar-refractivity contribution is 0.122. The molecule has 3 aromatic rings. The van der Waals surface area contributed by atoms with Crippen LogP contribution in [0.1, 0.15) is 17.4 Å². The van der Waals surface area contributed by atoms with E-state index >= 15 is 0 Å². The molecule has 1 fully saturated rings. The van der Waals surface area contributed by atoms with Gasteiger partial charge in [0.1, 0.15) is 17.5 Å². The zero-order chi connectivity index (χ0) is 21.6.